The summed E-state index contributed by atoms with van der Waals surface area (Å²) in [6.07, 6.45) is 3.23. The number of ether oxygens (including phenoxy) is 1. The number of hydrogen-bond acceptors (Lipinski definition) is 6. The first-order valence-corrected chi connectivity index (χ1v) is 8.58. The highest BCUT2D eigenvalue weighted by molar-refractivity contribution is 5.90. The lowest BCUT2D eigenvalue weighted by Crippen LogP contribution is -2.16. The summed E-state index contributed by atoms with van der Waals surface area (Å²) in [5.41, 5.74) is 7.05. The summed E-state index contributed by atoms with van der Waals surface area (Å²) in [5, 5.41) is 13.4. The fraction of sp³-hybridized carbons (Fsp3) is 0.150. The average Bonchev–Trinajstić information content (AvgIpc) is 2.69. The van der Waals surface area contributed by atoms with Gasteiger partial charge in [-0.3, -0.25) is 4.79 Å². The number of aromatic hydroxyl groups is 1. The molecule has 0 aliphatic heterocycles. The van der Waals surface area contributed by atoms with Gasteiger partial charge in [-0.25, -0.2) is 14.4 Å². The first kappa shape index (κ1) is 19.2. The minimum atomic E-state index is -0.682. The Kier molecular flexibility index (Phi) is 6.13. The SMILES string of the molecule is NC(=O)c1cnc(Oc2ccc(CNCCc3ccc(F)cc3)cc2O)cn1. The standard InChI is InChI=1S/C20H19FN4O3/c21-15-4-1-13(2-5-15)7-8-23-10-14-3-6-18(17(26)9-14)28-19-12-24-16(11-25-19)20(22)27/h1-6,9,11-12,23,26H,7-8,10H2,(H2,22,27). The summed E-state index contributed by atoms with van der Waals surface area (Å²) in [6.45, 7) is 1.27. The van der Waals surface area contributed by atoms with Crippen molar-refractivity contribution in [1.82, 2.24) is 15.3 Å². The van der Waals surface area contributed by atoms with Crippen LogP contribution in [-0.2, 0) is 13.0 Å². The molecule has 0 unspecified atom stereocenters. The number of hydrogen-bond donors (Lipinski definition) is 3. The highest BCUT2D eigenvalue weighted by Gasteiger charge is 2.08. The van der Waals surface area contributed by atoms with E-state index >= 15 is 0 Å². The molecule has 0 radical (unpaired) electrons. The number of carbonyl (C=O) groups excluding carboxylic acids is 1. The van der Waals surface area contributed by atoms with Crippen LogP contribution in [0.15, 0.2) is 54.9 Å². The third-order valence-electron chi connectivity index (χ3n) is 3.95. The van der Waals surface area contributed by atoms with Gasteiger partial charge in [0.2, 0.25) is 5.88 Å². The molecule has 7 nitrogen and oxygen atoms in total. The second-order valence-corrected chi connectivity index (χ2v) is 6.06. The topological polar surface area (TPSA) is 110 Å². The predicted molar refractivity (Wildman–Crippen MR) is 101 cm³/mol. The molecule has 8 heteroatoms. The lowest BCUT2D eigenvalue weighted by Gasteiger charge is -2.09. The van der Waals surface area contributed by atoms with E-state index in [1.807, 2.05) is 6.07 Å². The van der Waals surface area contributed by atoms with E-state index in [0.29, 0.717) is 13.1 Å². The first-order chi connectivity index (χ1) is 13.5. The Morgan fingerprint density at radius 3 is 2.50 bits per heavy atom. The summed E-state index contributed by atoms with van der Waals surface area (Å²) in [5.74, 6) is -0.622. The molecule has 0 aliphatic carbocycles. The zero-order valence-corrected chi connectivity index (χ0v) is 14.9. The number of phenolic OH excluding ortho intramolecular Hbond substituents is 1. The second-order valence-electron chi connectivity index (χ2n) is 6.06. The molecular weight excluding hydrogens is 363 g/mol. The van der Waals surface area contributed by atoms with Crippen LogP contribution in [0.1, 0.15) is 21.6 Å². The van der Waals surface area contributed by atoms with Gasteiger partial charge in [-0.15, -0.1) is 0 Å². The molecule has 1 amide bonds. The molecule has 144 valence electrons. The summed E-state index contributed by atoms with van der Waals surface area (Å²) >= 11 is 0. The van der Waals surface area contributed by atoms with Crippen molar-refractivity contribution < 1.29 is 19.0 Å². The number of halogens is 1. The third-order valence-corrected chi connectivity index (χ3v) is 3.95. The van der Waals surface area contributed by atoms with Crippen molar-refractivity contribution in [3.8, 4) is 17.4 Å². The van der Waals surface area contributed by atoms with E-state index in [0.717, 1.165) is 17.5 Å². The van der Waals surface area contributed by atoms with E-state index in [4.69, 9.17) is 10.5 Å². The molecule has 1 heterocycles. The Balaban J connectivity index is 1.51. The fourth-order valence-electron chi connectivity index (χ4n) is 2.48. The Labute approximate surface area is 161 Å². The van der Waals surface area contributed by atoms with Gasteiger partial charge in [-0.2, -0.15) is 0 Å². The van der Waals surface area contributed by atoms with Gasteiger partial charge in [0.05, 0.1) is 12.4 Å². The van der Waals surface area contributed by atoms with E-state index in [1.165, 1.54) is 24.5 Å². The Bertz CT molecular complexity index is 947. The normalized spacial score (nSPS) is 10.6. The van der Waals surface area contributed by atoms with Crippen LogP contribution < -0.4 is 15.8 Å². The zero-order valence-electron chi connectivity index (χ0n) is 14.9. The molecule has 3 rings (SSSR count). The number of nitrogens with zero attached hydrogens (tertiary/aromatic N) is 2. The minimum Gasteiger partial charge on any atom is -0.504 e. The fourth-order valence-corrected chi connectivity index (χ4v) is 2.48. The van der Waals surface area contributed by atoms with Gasteiger partial charge in [0.15, 0.2) is 11.5 Å². The van der Waals surface area contributed by atoms with Crippen molar-refractivity contribution in [3.63, 3.8) is 0 Å². The lowest BCUT2D eigenvalue weighted by molar-refractivity contribution is 0.0995. The monoisotopic (exact) mass is 382 g/mol. The predicted octanol–water partition coefficient (Wildman–Crippen LogP) is 2.54. The Hall–Kier alpha value is -3.52. The average molecular weight is 382 g/mol. The Morgan fingerprint density at radius 2 is 1.86 bits per heavy atom. The van der Waals surface area contributed by atoms with Crippen LogP contribution in [0.3, 0.4) is 0 Å². The van der Waals surface area contributed by atoms with Crippen LogP contribution in [-0.4, -0.2) is 27.5 Å². The van der Waals surface area contributed by atoms with E-state index in [9.17, 15) is 14.3 Å². The molecule has 0 atom stereocenters. The largest absolute Gasteiger partial charge is 0.504 e. The number of benzene rings is 2. The van der Waals surface area contributed by atoms with Crippen LogP contribution in [0.5, 0.6) is 17.4 Å². The summed E-state index contributed by atoms with van der Waals surface area (Å²) in [6, 6.07) is 11.4. The van der Waals surface area contributed by atoms with Crippen molar-refractivity contribution in [2.45, 2.75) is 13.0 Å². The molecule has 0 fully saturated rings. The molecule has 28 heavy (non-hydrogen) atoms. The molecule has 0 spiro atoms. The van der Waals surface area contributed by atoms with Crippen molar-refractivity contribution in [1.29, 1.82) is 0 Å². The van der Waals surface area contributed by atoms with Gasteiger partial charge in [-0.1, -0.05) is 18.2 Å². The molecule has 0 bridgehead atoms. The number of nitrogens with two attached hydrogens (primary N) is 1. The van der Waals surface area contributed by atoms with Gasteiger partial charge in [0.1, 0.15) is 11.5 Å². The van der Waals surface area contributed by atoms with Gasteiger partial charge in [-0.05, 0) is 48.4 Å². The minimum absolute atomic E-state index is 0.0265. The van der Waals surface area contributed by atoms with Crippen LogP contribution in [0.2, 0.25) is 0 Å². The van der Waals surface area contributed by atoms with Crippen molar-refractivity contribution in [3.05, 3.63) is 77.5 Å². The number of carbonyl (C=O) groups is 1. The maximum atomic E-state index is 12.9. The highest BCUT2D eigenvalue weighted by atomic mass is 19.1. The van der Waals surface area contributed by atoms with Crippen LogP contribution in [0, 0.1) is 5.82 Å². The molecule has 0 saturated carbocycles. The van der Waals surface area contributed by atoms with Gasteiger partial charge in [0, 0.05) is 6.54 Å². The van der Waals surface area contributed by atoms with Crippen molar-refractivity contribution in [2.75, 3.05) is 6.54 Å². The van der Waals surface area contributed by atoms with E-state index < -0.39 is 5.91 Å². The van der Waals surface area contributed by atoms with Gasteiger partial charge in [0.25, 0.3) is 5.91 Å². The Morgan fingerprint density at radius 1 is 1.11 bits per heavy atom. The first-order valence-electron chi connectivity index (χ1n) is 8.58. The zero-order chi connectivity index (χ0) is 19.9. The number of phenols is 1. The maximum absolute atomic E-state index is 12.9. The van der Waals surface area contributed by atoms with E-state index in [1.54, 1.807) is 24.3 Å². The van der Waals surface area contributed by atoms with Crippen LogP contribution >= 0.6 is 0 Å². The summed E-state index contributed by atoms with van der Waals surface area (Å²) in [4.78, 5) is 18.7. The number of primary amides is 1. The molecular formula is C20H19FN4O3. The van der Waals surface area contributed by atoms with Gasteiger partial charge >= 0.3 is 0 Å². The highest BCUT2D eigenvalue weighted by Crippen LogP contribution is 2.30. The second kappa shape index (κ2) is 8.92. The molecule has 3 aromatic rings. The van der Waals surface area contributed by atoms with E-state index in [2.05, 4.69) is 15.3 Å². The summed E-state index contributed by atoms with van der Waals surface area (Å²) in [7, 11) is 0. The van der Waals surface area contributed by atoms with Crippen LogP contribution in [0.25, 0.3) is 0 Å². The number of rotatable bonds is 8. The third kappa shape index (κ3) is 5.24. The van der Waals surface area contributed by atoms with Crippen molar-refractivity contribution >= 4 is 5.91 Å². The molecule has 0 saturated heterocycles. The van der Waals surface area contributed by atoms with Crippen LogP contribution in [0.4, 0.5) is 4.39 Å². The molecule has 0 aliphatic rings. The summed E-state index contributed by atoms with van der Waals surface area (Å²) < 4.78 is 18.3. The molecule has 4 N–H and O–H groups in total. The number of aromatic nitrogens is 2. The maximum Gasteiger partial charge on any atom is 0.268 e. The van der Waals surface area contributed by atoms with Crippen molar-refractivity contribution in [2.24, 2.45) is 5.73 Å². The molecule has 2 aromatic carbocycles. The molecule has 1 aromatic heterocycles. The van der Waals surface area contributed by atoms with Gasteiger partial charge < -0.3 is 20.9 Å². The smallest absolute Gasteiger partial charge is 0.268 e. The quantitative estimate of drug-likeness (QED) is 0.517. The lowest BCUT2D eigenvalue weighted by atomic mass is 10.1. The van der Waals surface area contributed by atoms with E-state index in [-0.39, 0.29) is 28.9 Å². The number of nitrogens with one attached hydrogen (secondary N) is 1. The number of amides is 1.